The second-order valence-electron chi connectivity index (χ2n) is 11.0. The van der Waals surface area contributed by atoms with Crippen molar-refractivity contribution >= 4 is 44.4 Å². The highest BCUT2D eigenvalue weighted by Crippen LogP contribution is 2.47. The average Bonchev–Trinajstić information content (AvgIpc) is 3.69. The number of carbonyl (C=O) groups excluding carboxylic acids is 2. The molecule has 0 saturated heterocycles. The molecule has 216 valence electrons. The van der Waals surface area contributed by atoms with Gasteiger partial charge < -0.3 is 10.2 Å². The fourth-order valence-corrected chi connectivity index (χ4v) is 8.02. The molecule has 7 nitrogen and oxygen atoms in total. The quantitative estimate of drug-likeness (QED) is 0.271. The van der Waals surface area contributed by atoms with Crippen LogP contribution in [-0.2, 0) is 22.7 Å². The van der Waals surface area contributed by atoms with Gasteiger partial charge in [0, 0.05) is 28.9 Å². The molecule has 1 aliphatic heterocycles. The Morgan fingerprint density at radius 1 is 1.07 bits per heavy atom. The van der Waals surface area contributed by atoms with Crippen molar-refractivity contribution in [3.05, 3.63) is 99.9 Å². The van der Waals surface area contributed by atoms with Gasteiger partial charge >= 0.3 is 0 Å². The Kier molecular flexibility index (Phi) is 7.22. The summed E-state index contributed by atoms with van der Waals surface area (Å²) >= 11 is 1.32. The van der Waals surface area contributed by atoms with Crippen molar-refractivity contribution in [1.29, 1.82) is 0 Å². The monoisotopic (exact) mass is 603 g/mol. The Hall–Kier alpha value is -3.89. The summed E-state index contributed by atoms with van der Waals surface area (Å²) in [4.78, 5) is 34.7. The van der Waals surface area contributed by atoms with Crippen LogP contribution in [0, 0.1) is 12.7 Å². The summed E-state index contributed by atoms with van der Waals surface area (Å²) in [5, 5.41) is 2.72. The molecule has 2 aromatic heterocycles. The van der Waals surface area contributed by atoms with E-state index in [1.54, 1.807) is 36.1 Å². The van der Waals surface area contributed by atoms with Gasteiger partial charge in [-0.05, 0) is 80.5 Å². The summed E-state index contributed by atoms with van der Waals surface area (Å²) in [7, 11) is -3.14. The van der Waals surface area contributed by atoms with Gasteiger partial charge in [-0.25, -0.2) is 17.8 Å². The second-order valence-corrected chi connectivity index (χ2v) is 14.5. The number of rotatable bonds is 7. The van der Waals surface area contributed by atoms with Gasteiger partial charge in [-0.15, -0.1) is 11.3 Å². The predicted molar refractivity (Wildman–Crippen MR) is 164 cm³/mol. The molecule has 1 fully saturated rings. The van der Waals surface area contributed by atoms with Gasteiger partial charge in [0.05, 0.1) is 21.0 Å². The van der Waals surface area contributed by atoms with Gasteiger partial charge in [0.15, 0.2) is 9.84 Å². The van der Waals surface area contributed by atoms with Gasteiger partial charge in [-0.3, -0.25) is 9.59 Å². The highest BCUT2D eigenvalue weighted by Gasteiger charge is 2.51. The molecular weight excluding hydrogens is 574 g/mol. The molecule has 2 amide bonds. The van der Waals surface area contributed by atoms with Gasteiger partial charge in [-0.1, -0.05) is 36.4 Å². The van der Waals surface area contributed by atoms with Gasteiger partial charge in [-0.2, -0.15) is 0 Å². The Labute approximate surface area is 248 Å². The summed E-state index contributed by atoms with van der Waals surface area (Å²) in [6.45, 7) is 2.13. The summed E-state index contributed by atoms with van der Waals surface area (Å²) in [5.74, 6) is -1.10. The van der Waals surface area contributed by atoms with Crippen LogP contribution in [0.15, 0.2) is 66.7 Å². The number of aryl methyl sites for hydroxylation is 2. The minimum Gasteiger partial charge on any atom is -0.319 e. The fourth-order valence-electron chi connectivity index (χ4n) is 5.56. The number of halogens is 1. The number of pyridine rings is 1. The lowest BCUT2D eigenvalue weighted by atomic mass is 10.1. The minimum atomic E-state index is -3.14. The summed E-state index contributed by atoms with van der Waals surface area (Å²) in [6, 6.07) is 19.4. The van der Waals surface area contributed by atoms with Crippen molar-refractivity contribution in [3.8, 4) is 10.4 Å². The molecule has 1 saturated carbocycles. The lowest BCUT2D eigenvalue weighted by Gasteiger charge is -2.23. The third-order valence-electron chi connectivity index (χ3n) is 8.24. The van der Waals surface area contributed by atoms with Crippen molar-refractivity contribution in [3.63, 3.8) is 0 Å². The normalized spacial score (nSPS) is 15.4. The number of anilines is 2. The largest absolute Gasteiger partial charge is 0.319 e. The van der Waals surface area contributed by atoms with E-state index in [1.807, 2.05) is 36.4 Å². The van der Waals surface area contributed by atoms with Crippen LogP contribution in [0.2, 0.25) is 0 Å². The molecule has 3 heterocycles. The van der Waals surface area contributed by atoms with Gasteiger partial charge in [0.1, 0.15) is 11.5 Å². The van der Waals surface area contributed by atoms with Crippen molar-refractivity contribution < 1.29 is 22.4 Å². The summed E-state index contributed by atoms with van der Waals surface area (Å²) in [5.41, 5.74) is 4.31. The SMILES string of the molecule is Cc1cccc(F)c1NC(=O)c1cc2c(s1)-c1ccccc1N(C(=O)c1cccc(CCC3(S(C)(=O)=O)CC3)n1)CC2. The van der Waals surface area contributed by atoms with E-state index in [2.05, 4.69) is 10.3 Å². The zero-order chi connectivity index (χ0) is 29.6. The van der Waals surface area contributed by atoms with Crippen LogP contribution in [0.4, 0.5) is 15.8 Å². The van der Waals surface area contributed by atoms with Crippen molar-refractivity contribution in [2.24, 2.45) is 0 Å². The summed E-state index contributed by atoms with van der Waals surface area (Å²) < 4.78 is 38.1. The minimum absolute atomic E-state index is 0.168. The lowest BCUT2D eigenvalue weighted by molar-refractivity contribution is 0.0981. The van der Waals surface area contributed by atoms with Crippen molar-refractivity contribution in [2.45, 2.75) is 43.8 Å². The van der Waals surface area contributed by atoms with Gasteiger partial charge in [0.25, 0.3) is 11.8 Å². The number of sulfone groups is 1. The molecule has 0 radical (unpaired) electrons. The number of fused-ring (bicyclic) bond motifs is 3. The van der Waals surface area contributed by atoms with E-state index < -0.39 is 20.4 Å². The Morgan fingerprint density at radius 3 is 2.57 bits per heavy atom. The lowest BCUT2D eigenvalue weighted by Crippen LogP contribution is -2.33. The number of benzene rings is 2. The number of carbonyl (C=O) groups is 2. The summed E-state index contributed by atoms with van der Waals surface area (Å²) in [6.07, 6.45) is 4.14. The van der Waals surface area contributed by atoms with Crippen molar-refractivity contribution in [2.75, 3.05) is 23.0 Å². The molecule has 10 heteroatoms. The third kappa shape index (κ3) is 5.25. The van der Waals surface area contributed by atoms with E-state index in [-0.39, 0.29) is 17.5 Å². The van der Waals surface area contributed by atoms with Crippen LogP contribution in [0.25, 0.3) is 10.4 Å². The number of para-hydroxylation sites is 2. The number of nitrogens with zero attached hydrogens (tertiary/aromatic N) is 2. The maximum absolute atomic E-state index is 14.4. The van der Waals surface area contributed by atoms with Crippen LogP contribution in [0.1, 0.15) is 56.2 Å². The molecule has 6 rings (SSSR count). The molecule has 0 bridgehead atoms. The van der Waals surface area contributed by atoms with E-state index in [1.165, 1.54) is 23.7 Å². The first-order chi connectivity index (χ1) is 20.1. The standard InChI is InChI=1S/C32H30FN3O4S2/c1-20-7-5-10-24(33)28(20)35-30(37)27-19-21-14-18-36(26-12-4-3-9-23(26)29(21)41-27)31(38)25-11-6-8-22(34-25)13-15-32(16-17-32)42(2,39)40/h3-12,19H,13-18H2,1-2H3,(H,35,37). The van der Waals surface area contributed by atoms with E-state index in [9.17, 15) is 22.4 Å². The van der Waals surface area contributed by atoms with Gasteiger partial charge in [0.2, 0.25) is 0 Å². The Balaban J connectivity index is 1.25. The van der Waals surface area contributed by atoms with Crippen LogP contribution in [-0.4, -0.2) is 42.8 Å². The zero-order valence-corrected chi connectivity index (χ0v) is 24.9. The molecule has 4 aromatic rings. The number of thiophene rings is 1. The van der Waals surface area contributed by atoms with E-state index in [0.29, 0.717) is 60.5 Å². The Bertz CT molecular complexity index is 1810. The maximum Gasteiger partial charge on any atom is 0.276 e. The maximum atomic E-state index is 14.4. The molecule has 1 aliphatic carbocycles. The first kappa shape index (κ1) is 28.2. The molecule has 0 unspecified atom stereocenters. The van der Waals surface area contributed by atoms with E-state index in [0.717, 1.165) is 21.7 Å². The Morgan fingerprint density at radius 2 is 1.83 bits per heavy atom. The predicted octanol–water partition coefficient (Wildman–Crippen LogP) is 6.22. The number of hydrogen-bond acceptors (Lipinski definition) is 6. The van der Waals surface area contributed by atoms with Crippen LogP contribution >= 0.6 is 11.3 Å². The van der Waals surface area contributed by atoms with Crippen molar-refractivity contribution in [1.82, 2.24) is 4.98 Å². The molecule has 1 N–H and O–H groups in total. The highest BCUT2D eigenvalue weighted by atomic mass is 32.2. The average molecular weight is 604 g/mol. The number of nitrogens with one attached hydrogen (secondary N) is 1. The topological polar surface area (TPSA) is 96.4 Å². The molecule has 0 atom stereocenters. The molecular formula is C32H30FN3O4S2. The number of hydrogen-bond donors (Lipinski definition) is 1. The first-order valence-corrected chi connectivity index (χ1v) is 16.5. The van der Waals surface area contributed by atoms with Crippen LogP contribution in [0.3, 0.4) is 0 Å². The number of amides is 2. The molecule has 42 heavy (non-hydrogen) atoms. The second kappa shape index (κ2) is 10.7. The molecule has 2 aromatic carbocycles. The fraction of sp³-hybridized carbons (Fsp3) is 0.281. The zero-order valence-electron chi connectivity index (χ0n) is 23.3. The first-order valence-electron chi connectivity index (χ1n) is 13.8. The van der Waals surface area contributed by atoms with Crippen LogP contribution in [0.5, 0.6) is 0 Å². The van der Waals surface area contributed by atoms with Crippen LogP contribution < -0.4 is 10.2 Å². The van der Waals surface area contributed by atoms with E-state index >= 15 is 0 Å². The molecule has 2 aliphatic rings. The van der Waals surface area contributed by atoms with E-state index in [4.69, 9.17) is 0 Å². The highest BCUT2D eigenvalue weighted by molar-refractivity contribution is 7.92. The molecule has 0 spiro atoms. The smallest absolute Gasteiger partial charge is 0.276 e. The third-order valence-corrected chi connectivity index (χ3v) is 11.6. The number of aromatic nitrogens is 1.